The highest BCUT2D eigenvalue weighted by atomic mass is 19.1. The third kappa shape index (κ3) is 4.44. The molecule has 0 unspecified atom stereocenters. The quantitative estimate of drug-likeness (QED) is 0.895. The van der Waals surface area contributed by atoms with Gasteiger partial charge in [0, 0.05) is 18.2 Å². The van der Waals surface area contributed by atoms with Gasteiger partial charge in [0.05, 0.1) is 0 Å². The summed E-state index contributed by atoms with van der Waals surface area (Å²) >= 11 is 0. The smallest absolute Gasteiger partial charge is 0.317 e. The van der Waals surface area contributed by atoms with Crippen LogP contribution < -0.4 is 5.32 Å². The third-order valence-corrected chi connectivity index (χ3v) is 4.58. The predicted molar refractivity (Wildman–Crippen MR) is 93.4 cm³/mol. The summed E-state index contributed by atoms with van der Waals surface area (Å²) in [6.07, 6.45) is 2.21. The Kier molecular flexibility index (Phi) is 5.12. The van der Waals surface area contributed by atoms with Crippen LogP contribution in [0.1, 0.15) is 35.7 Å². The van der Waals surface area contributed by atoms with Gasteiger partial charge in [-0.25, -0.2) is 9.18 Å². The predicted octanol–water partition coefficient (Wildman–Crippen LogP) is 3.98. The van der Waals surface area contributed by atoms with Gasteiger partial charge in [-0.15, -0.1) is 0 Å². The maximum absolute atomic E-state index is 13.0. The first kappa shape index (κ1) is 17.1. The van der Waals surface area contributed by atoms with Crippen LogP contribution in [-0.2, 0) is 6.54 Å². The highest BCUT2D eigenvalue weighted by Crippen LogP contribution is 2.35. The zero-order chi connectivity index (χ0) is 17.8. The summed E-state index contributed by atoms with van der Waals surface area (Å²) in [5, 5.41) is 2.43. The molecule has 1 aliphatic carbocycles. The minimum absolute atomic E-state index is 0.0567. The fraction of sp³-hybridized carbons (Fsp3) is 0.300. The van der Waals surface area contributed by atoms with Crippen molar-refractivity contribution < 1.29 is 14.0 Å². The van der Waals surface area contributed by atoms with E-state index in [-0.39, 0.29) is 11.6 Å². The number of benzene rings is 2. The molecule has 0 radical (unpaired) electrons. The van der Waals surface area contributed by atoms with Crippen molar-refractivity contribution in [3.8, 4) is 0 Å². The van der Waals surface area contributed by atoms with E-state index in [1.165, 1.54) is 24.3 Å². The van der Waals surface area contributed by atoms with Crippen LogP contribution in [-0.4, -0.2) is 22.9 Å². The largest absolute Gasteiger partial charge is 0.324 e. The fourth-order valence-electron chi connectivity index (χ4n) is 2.86. The summed E-state index contributed by atoms with van der Waals surface area (Å²) in [6.45, 7) is 2.46. The molecule has 25 heavy (non-hydrogen) atoms. The monoisotopic (exact) mass is 340 g/mol. The number of rotatable bonds is 5. The molecule has 0 bridgehead atoms. The van der Waals surface area contributed by atoms with E-state index in [4.69, 9.17) is 0 Å². The van der Waals surface area contributed by atoms with Crippen molar-refractivity contribution in [1.29, 1.82) is 0 Å². The SMILES string of the molecule is C[C@@H](C1CC1)N(Cc1ccccc1)C(=O)NC(=O)c1ccc(F)cc1. The van der Waals surface area contributed by atoms with Crippen LogP contribution in [0, 0.1) is 11.7 Å². The fourth-order valence-corrected chi connectivity index (χ4v) is 2.86. The maximum Gasteiger partial charge on any atom is 0.324 e. The maximum atomic E-state index is 13.0. The molecule has 1 saturated carbocycles. The summed E-state index contributed by atoms with van der Waals surface area (Å²) in [5.41, 5.74) is 1.27. The Bertz CT molecular complexity index is 742. The molecule has 130 valence electrons. The Morgan fingerprint density at radius 3 is 2.36 bits per heavy atom. The number of nitrogens with one attached hydrogen (secondary N) is 1. The molecule has 1 aliphatic rings. The van der Waals surface area contributed by atoms with Gasteiger partial charge in [-0.2, -0.15) is 0 Å². The molecule has 2 aromatic rings. The number of urea groups is 1. The standard InChI is InChI=1S/C20H21FN2O2/c1-14(16-7-8-16)23(13-15-5-3-2-4-6-15)20(25)22-19(24)17-9-11-18(21)12-10-17/h2-6,9-12,14,16H,7-8,13H2,1H3,(H,22,24,25)/t14-/m0/s1. The lowest BCUT2D eigenvalue weighted by Gasteiger charge is -2.29. The van der Waals surface area contributed by atoms with E-state index >= 15 is 0 Å². The topological polar surface area (TPSA) is 49.4 Å². The number of hydrogen-bond donors (Lipinski definition) is 1. The lowest BCUT2D eigenvalue weighted by Crippen LogP contribution is -2.47. The van der Waals surface area contributed by atoms with Gasteiger partial charge in [0.1, 0.15) is 5.82 Å². The van der Waals surface area contributed by atoms with E-state index in [2.05, 4.69) is 5.32 Å². The molecule has 5 heteroatoms. The highest BCUT2D eigenvalue weighted by molar-refractivity contribution is 6.04. The minimum atomic E-state index is -0.522. The van der Waals surface area contributed by atoms with Crippen molar-refractivity contribution in [2.24, 2.45) is 5.92 Å². The minimum Gasteiger partial charge on any atom is -0.317 e. The number of imide groups is 1. The van der Waals surface area contributed by atoms with Crippen LogP contribution in [0.25, 0.3) is 0 Å². The second kappa shape index (κ2) is 7.47. The lowest BCUT2D eigenvalue weighted by molar-refractivity contribution is 0.0941. The van der Waals surface area contributed by atoms with Crippen molar-refractivity contribution in [3.63, 3.8) is 0 Å². The van der Waals surface area contributed by atoms with E-state index in [9.17, 15) is 14.0 Å². The molecule has 0 spiro atoms. The number of hydrogen-bond acceptors (Lipinski definition) is 2. The first-order valence-electron chi connectivity index (χ1n) is 8.46. The van der Waals surface area contributed by atoms with Crippen LogP contribution in [0.15, 0.2) is 54.6 Å². The van der Waals surface area contributed by atoms with Crippen molar-refractivity contribution in [1.82, 2.24) is 10.2 Å². The van der Waals surface area contributed by atoms with Gasteiger partial charge in [-0.3, -0.25) is 10.1 Å². The Morgan fingerprint density at radius 2 is 1.76 bits per heavy atom. The second-order valence-corrected chi connectivity index (χ2v) is 6.46. The van der Waals surface area contributed by atoms with Crippen LogP contribution in [0.5, 0.6) is 0 Å². The average molecular weight is 340 g/mol. The van der Waals surface area contributed by atoms with Crippen LogP contribution in [0.3, 0.4) is 0 Å². The van der Waals surface area contributed by atoms with Crippen LogP contribution in [0.4, 0.5) is 9.18 Å². The highest BCUT2D eigenvalue weighted by Gasteiger charge is 2.34. The molecule has 0 heterocycles. The summed E-state index contributed by atoms with van der Waals surface area (Å²) in [7, 11) is 0. The van der Waals surface area contributed by atoms with Gasteiger partial charge < -0.3 is 4.90 Å². The zero-order valence-electron chi connectivity index (χ0n) is 14.1. The Balaban J connectivity index is 1.72. The molecule has 1 atom stereocenters. The molecule has 3 rings (SSSR count). The number of nitrogens with zero attached hydrogens (tertiary/aromatic N) is 1. The number of amides is 3. The molecular weight excluding hydrogens is 319 g/mol. The van der Waals surface area contributed by atoms with Gasteiger partial charge in [0.15, 0.2) is 0 Å². The van der Waals surface area contributed by atoms with Crippen molar-refractivity contribution in [2.75, 3.05) is 0 Å². The van der Waals surface area contributed by atoms with Gasteiger partial charge in [-0.05, 0) is 55.5 Å². The van der Waals surface area contributed by atoms with Crippen LogP contribution in [0.2, 0.25) is 0 Å². The van der Waals surface area contributed by atoms with Gasteiger partial charge in [0.2, 0.25) is 0 Å². The molecule has 0 aliphatic heterocycles. The normalized spacial score (nSPS) is 14.6. The van der Waals surface area contributed by atoms with Gasteiger partial charge in [-0.1, -0.05) is 30.3 Å². The molecule has 0 saturated heterocycles. The first-order valence-corrected chi connectivity index (χ1v) is 8.46. The van der Waals surface area contributed by atoms with E-state index < -0.39 is 17.8 Å². The van der Waals surface area contributed by atoms with Crippen molar-refractivity contribution in [2.45, 2.75) is 32.4 Å². The van der Waals surface area contributed by atoms with Gasteiger partial charge in [0.25, 0.3) is 5.91 Å². The average Bonchev–Trinajstić information content (AvgIpc) is 3.45. The lowest BCUT2D eigenvalue weighted by atomic mass is 10.1. The van der Waals surface area contributed by atoms with E-state index in [0.717, 1.165) is 18.4 Å². The van der Waals surface area contributed by atoms with Crippen molar-refractivity contribution in [3.05, 3.63) is 71.5 Å². The second-order valence-electron chi connectivity index (χ2n) is 6.46. The Labute approximate surface area is 146 Å². The number of halogens is 1. The molecule has 1 fully saturated rings. The summed E-state index contributed by atoms with van der Waals surface area (Å²) < 4.78 is 13.0. The Hall–Kier alpha value is -2.69. The summed E-state index contributed by atoms with van der Waals surface area (Å²) in [4.78, 5) is 26.6. The van der Waals surface area contributed by atoms with Crippen molar-refractivity contribution >= 4 is 11.9 Å². The third-order valence-electron chi connectivity index (χ3n) is 4.58. The summed E-state index contributed by atoms with van der Waals surface area (Å²) in [5.74, 6) is -0.461. The number of carbonyl (C=O) groups is 2. The molecule has 1 N–H and O–H groups in total. The number of carbonyl (C=O) groups excluding carboxylic acids is 2. The first-order chi connectivity index (χ1) is 12.0. The molecular formula is C20H21FN2O2. The van der Waals surface area contributed by atoms with E-state index in [0.29, 0.717) is 12.5 Å². The van der Waals surface area contributed by atoms with Gasteiger partial charge >= 0.3 is 6.03 Å². The summed E-state index contributed by atoms with van der Waals surface area (Å²) in [6, 6.07) is 14.5. The molecule has 2 aromatic carbocycles. The van der Waals surface area contributed by atoms with E-state index in [1.54, 1.807) is 4.90 Å². The zero-order valence-corrected chi connectivity index (χ0v) is 14.1. The Morgan fingerprint density at radius 1 is 1.12 bits per heavy atom. The van der Waals surface area contributed by atoms with Crippen LogP contribution >= 0.6 is 0 Å². The molecule has 0 aromatic heterocycles. The van der Waals surface area contributed by atoms with E-state index in [1.807, 2.05) is 37.3 Å². The molecule has 4 nitrogen and oxygen atoms in total. The molecule has 3 amide bonds.